The highest BCUT2D eigenvalue weighted by Gasteiger charge is 2.54. The average Bonchev–Trinajstić information content (AvgIpc) is 2.74. The van der Waals surface area contributed by atoms with Crippen LogP contribution in [0.15, 0.2) is 0 Å². The zero-order valence-electron chi connectivity index (χ0n) is 17.5. The van der Waals surface area contributed by atoms with Gasteiger partial charge in [-0.1, -0.05) is 13.3 Å². The molecule has 1 heterocycles. The highest BCUT2D eigenvalue weighted by Crippen LogP contribution is 2.52. The lowest BCUT2D eigenvalue weighted by molar-refractivity contribution is -0.284. The molecule has 1 saturated heterocycles. The van der Waals surface area contributed by atoms with Crippen LogP contribution in [0.1, 0.15) is 19.8 Å². The van der Waals surface area contributed by atoms with Crippen molar-refractivity contribution >= 4 is 22.8 Å². The van der Waals surface area contributed by atoms with Gasteiger partial charge in [0.05, 0.1) is 6.61 Å². The number of aliphatic hydroxyl groups is 3. The van der Waals surface area contributed by atoms with Crippen molar-refractivity contribution < 1.29 is 71.5 Å². The Morgan fingerprint density at radius 2 is 1.28 bits per heavy atom. The molecule has 1 aliphatic rings. The molecule has 0 amide bonds. The van der Waals surface area contributed by atoms with Crippen LogP contribution in [0.5, 0.6) is 0 Å². The summed E-state index contributed by atoms with van der Waals surface area (Å²) in [6, 6.07) is 0. The van der Waals surface area contributed by atoms with Crippen molar-refractivity contribution in [2.24, 2.45) is 0 Å². The topological polar surface area (TPSA) is 228 Å². The molecular weight excluding hydrogens is 501 g/mol. The van der Waals surface area contributed by atoms with Crippen LogP contribution in [0.25, 0.3) is 0 Å². The summed E-state index contributed by atoms with van der Waals surface area (Å²) < 4.78 is 67.2. The lowest BCUT2D eigenvalue weighted by Crippen LogP contribution is -2.61. The van der Waals surface area contributed by atoms with Gasteiger partial charge in [0, 0.05) is 13.7 Å². The summed E-state index contributed by atoms with van der Waals surface area (Å²) in [6.07, 6.45) is -11.0. The number of unbranched alkanes of at least 4 members (excludes halogenated alkanes) is 1. The molecule has 0 aromatic heterocycles. The van der Waals surface area contributed by atoms with E-state index >= 15 is 0 Å². The second-order valence-electron chi connectivity index (χ2n) is 6.75. The Labute approximate surface area is 184 Å². The maximum Gasteiger partial charge on any atom is 0.353 e. The van der Waals surface area contributed by atoms with Crippen LogP contribution in [0.2, 0.25) is 0 Å². The number of rotatable bonds is 15. The number of ether oxygens (including phenoxy) is 3. The summed E-state index contributed by atoms with van der Waals surface area (Å²) in [6.45, 7) is 1.87. The van der Waals surface area contributed by atoms with Crippen LogP contribution in [-0.2, 0) is 41.5 Å². The van der Waals surface area contributed by atoms with E-state index in [2.05, 4.69) is 0 Å². The third-order valence-corrected chi connectivity index (χ3v) is 6.93. The van der Waals surface area contributed by atoms with E-state index in [1.807, 2.05) is 6.92 Å². The third kappa shape index (κ3) is 9.46. The van der Waals surface area contributed by atoms with E-state index in [1.165, 1.54) is 0 Å². The number of hydrogen-bond donors (Lipinski definition) is 6. The van der Waals surface area contributed by atoms with E-state index in [1.54, 1.807) is 0 Å². The van der Waals surface area contributed by atoms with Crippen molar-refractivity contribution in [2.45, 2.75) is 50.5 Å². The maximum absolute atomic E-state index is 12.1. The largest absolute Gasteiger partial charge is 0.384 e. The van der Waals surface area contributed by atoms with Gasteiger partial charge in [0.1, 0.15) is 43.5 Å². The Bertz CT molecular complexity index is 705. The zero-order valence-corrected chi connectivity index (χ0v) is 20.2. The molecule has 4 unspecified atom stereocenters. The standard InChI is InChI=1S/C14H31O15P3/c1-3-4-5-25-6-10-11(27-30(18,19)7-15)12(28-31(20,21)8-16)13(14(24-2)26-10)29-32(22,23)9-17/h10-17H,3-9H2,1-2H3,(H,18,19)(H,20,21)(H,22,23)/t10-,11-,12+,13+,14?/m1/s1. The lowest BCUT2D eigenvalue weighted by Gasteiger charge is -2.45. The van der Waals surface area contributed by atoms with Gasteiger partial charge >= 0.3 is 22.8 Å². The molecule has 32 heavy (non-hydrogen) atoms. The SMILES string of the molecule is CCCCOC[C@H]1OC(OC)[C@@H](OP(=O)(O)CO)[C@@H](OP(=O)(O)CO)[C@@H]1OP(=O)(O)CO. The Kier molecular flexibility index (Phi) is 12.6. The molecular formula is C14H31O15P3. The molecule has 1 aliphatic heterocycles. The molecule has 0 bridgehead atoms. The first kappa shape index (κ1) is 30.2. The van der Waals surface area contributed by atoms with Crippen molar-refractivity contribution in [1.29, 1.82) is 0 Å². The van der Waals surface area contributed by atoms with Crippen LogP contribution in [0.3, 0.4) is 0 Å². The van der Waals surface area contributed by atoms with Gasteiger partial charge in [-0.2, -0.15) is 0 Å². The van der Waals surface area contributed by atoms with Crippen molar-refractivity contribution in [1.82, 2.24) is 0 Å². The fraction of sp³-hybridized carbons (Fsp3) is 1.00. The molecule has 0 saturated carbocycles. The molecule has 8 atom stereocenters. The smallest absolute Gasteiger partial charge is 0.353 e. The highest BCUT2D eigenvalue weighted by molar-refractivity contribution is 7.53. The van der Waals surface area contributed by atoms with Gasteiger partial charge in [-0.3, -0.25) is 27.3 Å². The second-order valence-corrected chi connectivity index (χ2v) is 12.1. The van der Waals surface area contributed by atoms with E-state index in [-0.39, 0.29) is 13.2 Å². The molecule has 0 aromatic carbocycles. The van der Waals surface area contributed by atoms with Crippen LogP contribution >= 0.6 is 22.8 Å². The summed E-state index contributed by atoms with van der Waals surface area (Å²) in [5.41, 5.74) is 0. The number of aliphatic hydroxyl groups excluding tert-OH is 3. The number of hydrogen-bond acceptors (Lipinski definition) is 12. The first-order valence-electron chi connectivity index (χ1n) is 9.44. The van der Waals surface area contributed by atoms with Gasteiger partial charge in [-0.25, -0.2) is 0 Å². The van der Waals surface area contributed by atoms with E-state index in [0.717, 1.165) is 13.5 Å². The van der Waals surface area contributed by atoms with Crippen molar-refractivity contribution in [3.63, 3.8) is 0 Å². The molecule has 0 aromatic rings. The fourth-order valence-corrected chi connectivity index (χ4v) is 4.73. The summed E-state index contributed by atoms with van der Waals surface area (Å²) in [7, 11) is -13.1. The molecule has 0 spiro atoms. The van der Waals surface area contributed by atoms with Crippen LogP contribution < -0.4 is 0 Å². The van der Waals surface area contributed by atoms with Crippen LogP contribution in [-0.4, -0.2) is 100 Å². The third-order valence-electron chi connectivity index (χ3n) is 4.14. The quantitative estimate of drug-likeness (QED) is 0.118. The lowest BCUT2D eigenvalue weighted by atomic mass is 9.99. The summed E-state index contributed by atoms with van der Waals surface area (Å²) in [4.78, 5) is 29.3. The Morgan fingerprint density at radius 1 is 0.812 bits per heavy atom. The Hall–Kier alpha value is 0.210. The first-order chi connectivity index (χ1) is 14.8. The molecule has 18 heteroatoms. The monoisotopic (exact) mass is 532 g/mol. The normalized spacial score (nSPS) is 32.1. The first-order valence-corrected chi connectivity index (χ1v) is 14.7. The van der Waals surface area contributed by atoms with Crippen LogP contribution in [0, 0.1) is 0 Å². The van der Waals surface area contributed by atoms with E-state index in [9.17, 15) is 28.4 Å². The fourth-order valence-electron chi connectivity index (χ4n) is 2.68. The molecule has 6 N–H and O–H groups in total. The van der Waals surface area contributed by atoms with Gasteiger partial charge in [0.15, 0.2) is 6.29 Å². The van der Waals surface area contributed by atoms with Crippen molar-refractivity contribution in [2.75, 3.05) is 39.4 Å². The predicted molar refractivity (Wildman–Crippen MR) is 107 cm³/mol. The van der Waals surface area contributed by atoms with Gasteiger partial charge in [-0.15, -0.1) is 0 Å². The summed E-state index contributed by atoms with van der Waals surface area (Å²) >= 11 is 0. The van der Waals surface area contributed by atoms with E-state index in [0.29, 0.717) is 6.42 Å². The number of methoxy groups -OCH3 is 1. The van der Waals surface area contributed by atoms with E-state index < -0.39 is 72.5 Å². The van der Waals surface area contributed by atoms with E-state index in [4.69, 9.17) is 43.1 Å². The van der Waals surface area contributed by atoms with Crippen LogP contribution in [0.4, 0.5) is 0 Å². The minimum Gasteiger partial charge on any atom is -0.384 e. The van der Waals surface area contributed by atoms with Gasteiger partial charge < -0.3 is 44.2 Å². The molecule has 1 fully saturated rings. The van der Waals surface area contributed by atoms with Crippen molar-refractivity contribution in [3.8, 4) is 0 Å². The maximum atomic E-state index is 12.1. The highest BCUT2D eigenvalue weighted by atomic mass is 31.2. The van der Waals surface area contributed by atoms with Crippen molar-refractivity contribution in [3.05, 3.63) is 0 Å². The minimum atomic E-state index is -4.79. The predicted octanol–water partition coefficient (Wildman–Crippen LogP) is -0.264. The second kappa shape index (κ2) is 13.3. The van der Waals surface area contributed by atoms with Gasteiger partial charge in [0.25, 0.3) is 0 Å². The molecule has 1 rings (SSSR count). The Balaban J connectivity index is 3.41. The molecule has 0 radical (unpaired) electrons. The summed E-state index contributed by atoms with van der Waals surface area (Å²) in [5, 5.41) is 27.4. The molecule has 15 nitrogen and oxygen atoms in total. The van der Waals surface area contributed by atoms with Gasteiger partial charge in [-0.05, 0) is 6.42 Å². The summed E-state index contributed by atoms with van der Waals surface area (Å²) in [5.74, 6) is 0. The Morgan fingerprint density at radius 3 is 1.72 bits per heavy atom. The van der Waals surface area contributed by atoms with Gasteiger partial charge in [0.2, 0.25) is 0 Å². The zero-order chi connectivity index (χ0) is 24.6. The average molecular weight is 532 g/mol. The molecule has 192 valence electrons. The molecule has 0 aliphatic carbocycles. The minimum absolute atomic E-state index is 0.258.